The molecule has 3 heterocycles. The van der Waals surface area contributed by atoms with Gasteiger partial charge in [0.25, 0.3) is 0 Å². The molecule has 0 aliphatic heterocycles. The van der Waals surface area contributed by atoms with Crippen LogP contribution in [0.5, 0.6) is 0 Å². The highest BCUT2D eigenvalue weighted by Gasteiger charge is 2.14. The molecule has 0 atom stereocenters. The van der Waals surface area contributed by atoms with E-state index in [1.165, 1.54) is 5.52 Å². The lowest BCUT2D eigenvalue weighted by Crippen LogP contribution is -2.27. The Morgan fingerprint density at radius 1 is 0.875 bits per heavy atom. The van der Waals surface area contributed by atoms with E-state index in [1.54, 1.807) is 0 Å². The molecule has 0 aliphatic rings. The van der Waals surface area contributed by atoms with Crippen molar-refractivity contribution in [2.45, 2.75) is 47.1 Å². The highest BCUT2D eigenvalue weighted by atomic mass is 15.2. The Labute approximate surface area is 193 Å². The van der Waals surface area contributed by atoms with Gasteiger partial charge in [0.15, 0.2) is 5.82 Å². The summed E-state index contributed by atoms with van der Waals surface area (Å²) in [5.41, 5.74) is 3.33. The summed E-state index contributed by atoms with van der Waals surface area (Å²) in [6, 6.07) is 8.52. The standard InChI is InChI=1S/C25H41N7/c1-5-30(6-2)16-11-14-26-20-23-24-22(19-21-13-9-10-18-32(21)24)25(29-28-23)27-15-12-17-31(7-3)8-4/h9-10,13,18-19,26H,5-8,11-12,14-17,20H2,1-4H3,(H,27,29). The minimum atomic E-state index is 0.727. The maximum Gasteiger partial charge on any atom is 0.158 e. The molecule has 0 amide bonds. The predicted molar refractivity (Wildman–Crippen MR) is 135 cm³/mol. The first-order valence-electron chi connectivity index (χ1n) is 12.4. The van der Waals surface area contributed by atoms with Crippen molar-refractivity contribution in [1.82, 2.24) is 29.7 Å². The molecule has 3 rings (SSSR count). The molecule has 0 unspecified atom stereocenters. The molecule has 0 saturated heterocycles. The topological polar surface area (TPSA) is 60.7 Å². The summed E-state index contributed by atoms with van der Waals surface area (Å²) in [6.07, 6.45) is 4.35. The molecule has 0 fully saturated rings. The zero-order chi connectivity index (χ0) is 22.8. The fourth-order valence-electron chi connectivity index (χ4n) is 4.28. The van der Waals surface area contributed by atoms with Gasteiger partial charge in [0.2, 0.25) is 0 Å². The fraction of sp³-hybridized carbons (Fsp3) is 0.600. The van der Waals surface area contributed by atoms with E-state index >= 15 is 0 Å². The normalized spacial score (nSPS) is 11.9. The van der Waals surface area contributed by atoms with Gasteiger partial charge in [-0.25, -0.2) is 0 Å². The number of fused-ring (bicyclic) bond motifs is 3. The van der Waals surface area contributed by atoms with E-state index in [-0.39, 0.29) is 0 Å². The Bertz CT molecular complexity index is 944. The molecular weight excluding hydrogens is 398 g/mol. The third-order valence-corrected chi connectivity index (χ3v) is 6.33. The summed E-state index contributed by atoms with van der Waals surface area (Å²) < 4.78 is 2.23. The molecular formula is C25H41N7. The summed E-state index contributed by atoms with van der Waals surface area (Å²) in [4.78, 5) is 4.91. The van der Waals surface area contributed by atoms with Gasteiger partial charge in [0.05, 0.1) is 5.52 Å². The number of nitrogens with one attached hydrogen (secondary N) is 2. The number of aromatic nitrogens is 3. The van der Waals surface area contributed by atoms with Crippen LogP contribution in [0.2, 0.25) is 0 Å². The smallest absolute Gasteiger partial charge is 0.158 e. The van der Waals surface area contributed by atoms with Gasteiger partial charge >= 0.3 is 0 Å². The van der Waals surface area contributed by atoms with E-state index in [9.17, 15) is 0 Å². The summed E-state index contributed by atoms with van der Waals surface area (Å²) in [6.45, 7) is 18.1. The molecule has 3 aromatic heterocycles. The van der Waals surface area contributed by atoms with E-state index in [0.717, 1.165) is 94.2 Å². The number of hydrogen-bond acceptors (Lipinski definition) is 6. The number of nitrogens with zero attached hydrogens (tertiary/aromatic N) is 5. The van der Waals surface area contributed by atoms with Crippen LogP contribution in [0.1, 0.15) is 46.2 Å². The van der Waals surface area contributed by atoms with Crippen molar-refractivity contribution in [2.24, 2.45) is 0 Å². The number of pyridine rings is 1. The van der Waals surface area contributed by atoms with Crippen LogP contribution in [0, 0.1) is 0 Å². The molecule has 3 aromatic rings. The highest BCUT2D eigenvalue weighted by molar-refractivity contribution is 5.96. The van der Waals surface area contributed by atoms with Gasteiger partial charge in [0, 0.05) is 30.2 Å². The summed E-state index contributed by atoms with van der Waals surface area (Å²) in [5, 5.41) is 17.5. The Balaban J connectivity index is 1.69. The molecule has 176 valence electrons. The zero-order valence-electron chi connectivity index (χ0n) is 20.4. The van der Waals surface area contributed by atoms with Crippen LogP contribution < -0.4 is 10.6 Å². The van der Waals surface area contributed by atoms with E-state index in [2.05, 4.69) is 93.2 Å². The molecule has 0 saturated carbocycles. The van der Waals surface area contributed by atoms with Gasteiger partial charge in [-0.3, -0.25) is 0 Å². The van der Waals surface area contributed by atoms with Crippen LogP contribution in [-0.4, -0.2) is 76.8 Å². The summed E-state index contributed by atoms with van der Waals surface area (Å²) >= 11 is 0. The molecule has 32 heavy (non-hydrogen) atoms. The van der Waals surface area contributed by atoms with Crippen molar-refractivity contribution >= 4 is 22.2 Å². The van der Waals surface area contributed by atoms with Crippen molar-refractivity contribution < 1.29 is 0 Å². The van der Waals surface area contributed by atoms with E-state index < -0.39 is 0 Å². The molecule has 7 nitrogen and oxygen atoms in total. The molecule has 2 N–H and O–H groups in total. The maximum atomic E-state index is 4.62. The Morgan fingerprint density at radius 2 is 1.56 bits per heavy atom. The largest absolute Gasteiger partial charge is 0.368 e. The first kappa shape index (κ1) is 24.4. The molecule has 0 spiro atoms. The number of hydrogen-bond donors (Lipinski definition) is 2. The highest BCUT2D eigenvalue weighted by Crippen LogP contribution is 2.27. The van der Waals surface area contributed by atoms with Crippen LogP contribution in [0.15, 0.2) is 30.5 Å². The minimum Gasteiger partial charge on any atom is -0.368 e. The SMILES string of the molecule is CCN(CC)CCCNCc1nnc(NCCCN(CC)CC)c2cc3ccccn3c12. The van der Waals surface area contributed by atoms with Crippen LogP contribution >= 0.6 is 0 Å². The second-order valence-electron chi connectivity index (χ2n) is 8.26. The zero-order valence-corrected chi connectivity index (χ0v) is 20.4. The van der Waals surface area contributed by atoms with E-state index in [0.29, 0.717) is 0 Å². The second-order valence-corrected chi connectivity index (χ2v) is 8.26. The predicted octanol–water partition coefficient (Wildman–Crippen LogP) is 3.85. The first-order chi connectivity index (χ1) is 15.7. The van der Waals surface area contributed by atoms with Crippen LogP contribution in [0.25, 0.3) is 16.4 Å². The second kappa shape index (κ2) is 12.7. The summed E-state index contributed by atoms with van der Waals surface area (Å²) in [5.74, 6) is 0.883. The van der Waals surface area contributed by atoms with Gasteiger partial charge in [-0.15, -0.1) is 10.2 Å². The third kappa shape index (κ3) is 6.18. The van der Waals surface area contributed by atoms with Gasteiger partial charge in [0.1, 0.15) is 5.69 Å². The molecule has 0 radical (unpaired) electrons. The minimum absolute atomic E-state index is 0.727. The quantitative estimate of drug-likeness (QED) is 0.351. The van der Waals surface area contributed by atoms with Crippen LogP contribution in [0.4, 0.5) is 5.82 Å². The van der Waals surface area contributed by atoms with E-state index in [1.807, 2.05) is 0 Å². The Hall–Kier alpha value is -2.22. The van der Waals surface area contributed by atoms with Gasteiger partial charge in [-0.05, 0) is 76.9 Å². The molecule has 7 heteroatoms. The molecule has 0 aromatic carbocycles. The van der Waals surface area contributed by atoms with Crippen LogP contribution in [0.3, 0.4) is 0 Å². The number of rotatable bonds is 15. The van der Waals surface area contributed by atoms with Crippen molar-refractivity contribution in [2.75, 3.05) is 57.7 Å². The average molecular weight is 440 g/mol. The third-order valence-electron chi connectivity index (χ3n) is 6.33. The number of anilines is 1. The Morgan fingerprint density at radius 3 is 2.25 bits per heavy atom. The maximum absolute atomic E-state index is 4.62. The lowest BCUT2D eigenvalue weighted by molar-refractivity contribution is 0.298. The first-order valence-corrected chi connectivity index (χ1v) is 12.4. The lowest BCUT2D eigenvalue weighted by atomic mass is 10.2. The van der Waals surface area contributed by atoms with Gasteiger partial charge in [-0.1, -0.05) is 33.8 Å². The van der Waals surface area contributed by atoms with Crippen molar-refractivity contribution in [3.05, 3.63) is 36.2 Å². The molecule has 0 aliphatic carbocycles. The van der Waals surface area contributed by atoms with Crippen LogP contribution in [-0.2, 0) is 6.54 Å². The summed E-state index contributed by atoms with van der Waals surface area (Å²) in [7, 11) is 0. The molecule has 0 bridgehead atoms. The Kier molecular flexibility index (Phi) is 9.71. The van der Waals surface area contributed by atoms with Crippen molar-refractivity contribution in [3.63, 3.8) is 0 Å². The van der Waals surface area contributed by atoms with Gasteiger partial charge in [-0.2, -0.15) is 0 Å². The van der Waals surface area contributed by atoms with Crippen molar-refractivity contribution in [1.29, 1.82) is 0 Å². The fourth-order valence-corrected chi connectivity index (χ4v) is 4.28. The van der Waals surface area contributed by atoms with E-state index in [4.69, 9.17) is 0 Å². The average Bonchev–Trinajstić information content (AvgIpc) is 3.22. The lowest BCUT2D eigenvalue weighted by Gasteiger charge is -2.18. The van der Waals surface area contributed by atoms with Gasteiger partial charge < -0.3 is 24.8 Å². The monoisotopic (exact) mass is 439 g/mol. The van der Waals surface area contributed by atoms with Crippen molar-refractivity contribution in [3.8, 4) is 0 Å².